The molecule has 0 N–H and O–H groups in total. The second-order valence-corrected chi connectivity index (χ2v) is 9.69. The van der Waals surface area contributed by atoms with Crippen molar-refractivity contribution in [3.8, 4) is 17.1 Å². The van der Waals surface area contributed by atoms with Crippen LogP contribution < -0.4 is 0 Å². The van der Waals surface area contributed by atoms with Gasteiger partial charge in [0.1, 0.15) is 0 Å². The van der Waals surface area contributed by atoms with E-state index in [1.807, 2.05) is 23.1 Å². The van der Waals surface area contributed by atoms with Gasteiger partial charge >= 0.3 is 0 Å². The average molecular weight is 469 g/mol. The van der Waals surface area contributed by atoms with Crippen molar-refractivity contribution < 1.29 is 4.79 Å². The molecule has 0 bridgehead atoms. The summed E-state index contributed by atoms with van der Waals surface area (Å²) in [5, 5.41) is 9.87. The molecule has 0 spiro atoms. The largest absolute Gasteiger partial charge is 0.338 e. The number of hydrogen-bond acceptors (Lipinski definition) is 4. The Labute approximate surface area is 204 Å². The van der Waals surface area contributed by atoms with Crippen LogP contribution in [0.25, 0.3) is 17.1 Å². The van der Waals surface area contributed by atoms with Crippen molar-refractivity contribution in [3.63, 3.8) is 0 Å². The molecule has 2 heterocycles. The first-order valence-electron chi connectivity index (χ1n) is 11.7. The average Bonchev–Trinajstić information content (AvgIpc) is 3.31. The summed E-state index contributed by atoms with van der Waals surface area (Å²) in [4.78, 5) is 14.8. The van der Waals surface area contributed by atoms with E-state index in [9.17, 15) is 4.79 Å². The number of amides is 1. The van der Waals surface area contributed by atoms with Crippen molar-refractivity contribution in [3.05, 3.63) is 95.6 Å². The van der Waals surface area contributed by atoms with Gasteiger partial charge in [0.25, 0.3) is 0 Å². The molecule has 0 unspecified atom stereocenters. The first kappa shape index (κ1) is 22.4. The molecule has 1 aromatic heterocycles. The minimum Gasteiger partial charge on any atom is -0.338 e. The fourth-order valence-corrected chi connectivity index (χ4v) is 5.21. The molecule has 0 aliphatic carbocycles. The molecule has 0 fully saturated rings. The van der Waals surface area contributed by atoms with Gasteiger partial charge in [-0.05, 0) is 43.0 Å². The minimum absolute atomic E-state index is 0.236. The molecule has 1 amide bonds. The number of thioether (sulfide) groups is 1. The van der Waals surface area contributed by atoms with Crippen molar-refractivity contribution >= 4 is 17.7 Å². The smallest absolute Gasteiger partial charge is 0.222 e. The van der Waals surface area contributed by atoms with E-state index in [0.717, 1.165) is 53.9 Å². The highest BCUT2D eigenvalue weighted by Gasteiger charge is 2.20. The van der Waals surface area contributed by atoms with Gasteiger partial charge in [-0.2, -0.15) is 0 Å². The van der Waals surface area contributed by atoms with E-state index in [-0.39, 0.29) is 5.91 Å². The Morgan fingerprint density at radius 2 is 1.65 bits per heavy atom. The molecule has 6 heteroatoms. The number of rotatable bonds is 7. The lowest BCUT2D eigenvalue weighted by atomic mass is 10.00. The Bertz CT molecular complexity index is 1270. The highest BCUT2D eigenvalue weighted by atomic mass is 32.2. The molecule has 1 aliphatic rings. The van der Waals surface area contributed by atoms with Crippen LogP contribution in [-0.2, 0) is 17.8 Å². The first-order chi connectivity index (χ1) is 16.7. The number of aryl methyl sites for hydroxylation is 1. The summed E-state index contributed by atoms with van der Waals surface area (Å²) in [5.41, 5.74) is 5.93. The number of aromatic nitrogens is 3. The van der Waals surface area contributed by atoms with Crippen LogP contribution in [-0.4, -0.2) is 37.9 Å². The summed E-state index contributed by atoms with van der Waals surface area (Å²) >= 11 is 1.66. The topological polar surface area (TPSA) is 51.0 Å². The van der Waals surface area contributed by atoms with Crippen LogP contribution in [0.5, 0.6) is 0 Å². The van der Waals surface area contributed by atoms with Gasteiger partial charge in [-0.1, -0.05) is 84.1 Å². The van der Waals surface area contributed by atoms with Gasteiger partial charge in [0.15, 0.2) is 11.0 Å². The van der Waals surface area contributed by atoms with E-state index in [2.05, 4.69) is 82.4 Å². The van der Waals surface area contributed by atoms with Crippen molar-refractivity contribution in [2.24, 2.45) is 0 Å². The van der Waals surface area contributed by atoms with E-state index >= 15 is 0 Å². The lowest BCUT2D eigenvalue weighted by molar-refractivity contribution is -0.132. The Morgan fingerprint density at radius 1 is 0.912 bits per heavy atom. The zero-order valence-electron chi connectivity index (χ0n) is 19.4. The monoisotopic (exact) mass is 468 g/mol. The second-order valence-electron chi connectivity index (χ2n) is 8.63. The summed E-state index contributed by atoms with van der Waals surface area (Å²) in [6.45, 7) is 3.62. The summed E-state index contributed by atoms with van der Waals surface area (Å²) in [6, 6.07) is 27.0. The molecule has 34 heavy (non-hydrogen) atoms. The lowest BCUT2D eigenvalue weighted by Crippen LogP contribution is -2.35. The van der Waals surface area contributed by atoms with Crippen LogP contribution in [0.3, 0.4) is 0 Å². The molecule has 3 aromatic carbocycles. The Kier molecular flexibility index (Phi) is 6.77. The van der Waals surface area contributed by atoms with Gasteiger partial charge in [-0.3, -0.25) is 9.36 Å². The van der Waals surface area contributed by atoms with Gasteiger partial charge in [0, 0.05) is 36.5 Å². The summed E-state index contributed by atoms with van der Waals surface area (Å²) in [6.07, 6.45) is 2.31. The maximum Gasteiger partial charge on any atom is 0.222 e. The van der Waals surface area contributed by atoms with Crippen LogP contribution in [0.1, 0.15) is 29.5 Å². The number of nitrogens with zero attached hydrogens (tertiary/aromatic N) is 4. The van der Waals surface area contributed by atoms with Crippen LogP contribution in [0.2, 0.25) is 0 Å². The number of carbonyl (C=O) groups is 1. The van der Waals surface area contributed by atoms with Crippen molar-refractivity contribution in [1.82, 2.24) is 19.7 Å². The van der Waals surface area contributed by atoms with E-state index in [0.29, 0.717) is 6.42 Å². The van der Waals surface area contributed by atoms with Crippen LogP contribution >= 0.6 is 11.8 Å². The fraction of sp³-hybridized carbons (Fsp3) is 0.250. The SMILES string of the molecule is Cc1ccc(-c2nnc(SCCCC(=O)N3CCc4ccccc4C3)n2-c2ccccc2)cc1. The van der Waals surface area contributed by atoms with Gasteiger partial charge in [-0.25, -0.2) is 0 Å². The number of para-hydroxylation sites is 1. The highest BCUT2D eigenvalue weighted by molar-refractivity contribution is 7.99. The lowest BCUT2D eigenvalue weighted by Gasteiger charge is -2.29. The standard InChI is InChI=1S/C28H28N4OS/c1-21-13-15-23(16-14-21)27-29-30-28(32(27)25-10-3-2-4-11-25)34-19-7-12-26(33)31-18-17-22-8-5-6-9-24(22)20-31/h2-6,8-11,13-16H,7,12,17-20H2,1H3. The van der Waals surface area contributed by atoms with E-state index in [1.165, 1.54) is 16.7 Å². The molecule has 0 radical (unpaired) electrons. The molecule has 0 atom stereocenters. The molecular formula is C28H28N4OS. The van der Waals surface area contributed by atoms with E-state index in [4.69, 9.17) is 0 Å². The van der Waals surface area contributed by atoms with Crippen molar-refractivity contribution in [1.29, 1.82) is 0 Å². The Hall–Kier alpha value is -3.38. The van der Waals surface area contributed by atoms with Gasteiger partial charge in [-0.15, -0.1) is 10.2 Å². The molecule has 172 valence electrons. The zero-order chi connectivity index (χ0) is 23.3. The molecule has 0 saturated carbocycles. The first-order valence-corrected chi connectivity index (χ1v) is 12.7. The van der Waals surface area contributed by atoms with Crippen LogP contribution in [0.4, 0.5) is 0 Å². The van der Waals surface area contributed by atoms with Gasteiger partial charge < -0.3 is 4.90 Å². The molecule has 0 saturated heterocycles. The number of hydrogen-bond donors (Lipinski definition) is 0. The van der Waals surface area contributed by atoms with Gasteiger partial charge in [0.05, 0.1) is 0 Å². The zero-order valence-corrected chi connectivity index (χ0v) is 20.2. The number of fused-ring (bicyclic) bond motifs is 1. The summed E-state index contributed by atoms with van der Waals surface area (Å²) in [5.74, 6) is 1.88. The van der Waals surface area contributed by atoms with Crippen molar-refractivity contribution in [2.75, 3.05) is 12.3 Å². The molecule has 5 nitrogen and oxygen atoms in total. The third-order valence-corrected chi connectivity index (χ3v) is 7.22. The Balaban J connectivity index is 1.24. The predicted molar refractivity (Wildman–Crippen MR) is 137 cm³/mol. The quantitative estimate of drug-likeness (QED) is 0.258. The maximum atomic E-state index is 12.8. The molecule has 1 aliphatic heterocycles. The third kappa shape index (κ3) is 4.92. The third-order valence-electron chi connectivity index (χ3n) is 6.21. The normalized spacial score (nSPS) is 13.0. The minimum atomic E-state index is 0.236. The van der Waals surface area contributed by atoms with Gasteiger partial charge in [0.2, 0.25) is 5.91 Å². The van der Waals surface area contributed by atoms with Crippen molar-refractivity contribution in [2.45, 2.75) is 37.9 Å². The molecule has 5 rings (SSSR count). The molecular weight excluding hydrogens is 440 g/mol. The maximum absolute atomic E-state index is 12.8. The predicted octanol–water partition coefficient (Wildman–Crippen LogP) is 5.70. The second kappa shape index (κ2) is 10.3. The number of benzene rings is 3. The number of carbonyl (C=O) groups excluding carboxylic acids is 1. The summed E-state index contributed by atoms with van der Waals surface area (Å²) < 4.78 is 2.11. The highest BCUT2D eigenvalue weighted by Crippen LogP contribution is 2.29. The van der Waals surface area contributed by atoms with E-state index in [1.54, 1.807) is 11.8 Å². The van der Waals surface area contributed by atoms with Crippen LogP contribution in [0, 0.1) is 6.92 Å². The fourth-order valence-electron chi connectivity index (χ4n) is 4.32. The van der Waals surface area contributed by atoms with E-state index < -0.39 is 0 Å². The summed E-state index contributed by atoms with van der Waals surface area (Å²) in [7, 11) is 0. The Morgan fingerprint density at radius 3 is 2.44 bits per heavy atom. The van der Waals surface area contributed by atoms with Crippen LogP contribution in [0.15, 0.2) is 84.0 Å². The molecule has 4 aromatic rings.